The van der Waals surface area contributed by atoms with Gasteiger partial charge >= 0.3 is 6.36 Å². The second kappa shape index (κ2) is 6.64. The SMILES string of the molecule is CC(CO)(CO)CNc1ccc(OC(F)(F)F)c(Br)c1. The van der Waals surface area contributed by atoms with Crippen molar-refractivity contribution in [2.24, 2.45) is 5.41 Å². The predicted molar refractivity (Wildman–Crippen MR) is 71.6 cm³/mol. The summed E-state index contributed by atoms with van der Waals surface area (Å²) < 4.78 is 40.3. The molecule has 0 aliphatic carbocycles. The molecule has 0 saturated carbocycles. The van der Waals surface area contributed by atoms with Crippen molar-refractivity contribution in [3.8, 4) is 5.75 Å². The van der Waals surface area contributed by atoms with E-state index in [9.17, 15) is 13.2 Å². The van der Waals surface area contributed by atoms with Gasteiger partial charge in [-0.2, -0.15) is 0 Å². The third-order valence-electron chi connectivity index (χ3n) is 2.64. The molecule has 1 rings (SSSR count). The van der Waals surface area contributed by atoms with E-state index in [1.165, 1.54) is 18.2 Å². The number of nitrogens with one attached hydrogen (secondary N) is 1. The van der Waals surface area contributed by atoms with Crippen molar-refractivity contribution in [1.29, 1.82) is 0 Å². The van der Waals surface area contributed by atoms with Crippen LogP contribution >= 0.6 is 15.9 Å². The molecule has 1 aromatic carbocycles. The van der Waals surface area contributed by atoms with E-state index >= 15 is 0 Å². The molecule has 0 unspecified atom stereocenters. The minimum atomic E-state index is -4.75. The van der Waals surface area contributed by atoms with Crippen molar-refractivity contribution in [3.05, 3.63) is 22.7 Å². The standard InChI is InChI=1S/C12H15BrF3NO3/c1-11(6-18,7-19)5-17-8-2-3-10(9(13)4-8)20-12(14,15)16/h2-4,17-19H,5-7H2,1H3. The average Bonchev–Trinajstić information content (AvgIpc) is 2.37. The largest absolute Gasteiger partial charge is 0.573 e. The van der Waals surface area contributed by atoms with Crippen LogP contribution in [0, 0.1) is 5.41 Å². The van der Waals surface area contributed by atoms with Gasteiger partial charge in [0.05, 0.1) is 17.7 Å². The highest BCUT2D eigenvalue weighted by atomic mass is 79.9. The molecule has 3 N–H and O–H groups in total. The lowest BCUT2D eigenvalue weighted by Gasteiger charge is -2.25. The van der Waals surface area contributed by atoms with Crippen molar-refractivity contribution >= 4 is 21.6 Å². The highest BCUT2D eigenvalue weighted by Gasteiger charge is 2.32. The number of anilines is 1. The number of ether oxygens (including phenoxy) is 1. The van der Waals surface area contributed by atoms with E-state index in [2.05, 4.69) is 26.0 Å². The summed E-state index contributed by atoms with van der Waals surface area (Å²) in [6.45, 7) is 1.52. The predicted octanol–water partition coefficient (Wildman–Crippen LogP) is 2.75. The van der Waals surface area contributed by atoms with Gasteiger partial charge in [0.15, 0.2) is 0 Å². The highest BCUT2D eigenvalue weighted by molar-refractivity contribution is 9.10. The summed E-state index contributed by atoms with van der Waals surface area (Å²) in [5.74, 6) is -0.338. The Morgan fingerprint density at radius 1 is 1.25 bits per heavy atom. The van der Waals surface area contributed by atoms with Crippen LogP contribution in [0.15, 0.2) is 22.7 Å². The topological polar surface area (TPSA) is 61.7 Å². The van der Waals surface area contributed by atoms with Crippen molar-refractivity contribution in [3.63, 3.8) is 0 Å². The fraction of sp³-hybridized carbons (Fsp3) is 0.500. The van der Waals surface area contributed by atoms with Crippen LogP contribution in [0.5, 0.6) is 5.75 Å². The van der Waals surface area contributed by atoms with Crippen LogP contribution in [0.25, 0.3) is 0 Å². The van der Waals surface area contributed by atoms with Crippen LogP contribution in [0.2, 0.25) is 0 Å². The van der Waals surface area contributed by atoms with Gasteiger partial charge in [0.1, 0.15) is 5.75 Å². The maximum absolute atomic E-state index is 12.1. The number of halogens is 4. The fourth-order valence-corrected chi connectivity index (χ4v) is 1.76. The van der Waals surface area contributed by atoms with Crippen LogP contribution in [-0.2, 0) is 0 Å². The lowest BCUT2D eigenvalue weighted by Crippen LogP contribution is -2.34. The first kappa shape index (κ1) is 17.1. The van der Waals surface area contributed by atoms with E-state index < -0.39 is 11.8 Å². The van der Waals surface area contributed by atoms with Crippen LogP contribution < -0.4 is 10.1 Å². The van der Waals surface area contributed by atoms with Gasteiger partial charge in [-0.15, -0.1) is 13.2 Å². The van der Waals surface area contributed by atoms with Gasteiger partial charge in [0.25, 0.3) is 0 Å². The summed E-state index contributed by atoms with van der Waals surface area (Å²) in [7, 11) is 0. The lowest BCUT2D eigenvalue weighted by molar-refractivity contribution is -0.274. The van der Waals surface area contributed by atoms with Gasteiger partial charge in [0, 0.05) is 17.6 Å². The van der Waals surface area contributed by atoms with Crippen LogP contribution in [0.1, 0.15) is 6.92 Å². The molecule has 0 aliphatic rings. The molecule has 0 fully saturated rings. The molecule has 0 heterocycles. The maximum Gasteiger partial charge on any atom is 0.573 e. The van der Waals surface area contributed by atoms with Crippen LogP contribution in [0.3, 0.4) is 0 Å². The number of hydrogen-bond acceptors (Lipinski definition) is 4. The van der Waals surface area contributed by atoms with E-state index in [1.54, 1.807) is 6.92 Å². The molecule has 20 heavy (non-hydrogen) atoms. The lowest BCUT2D eigenvalue weighted by atomic mass is 9.93. The number of aliphatic hydroxyl groups excluding tert-OH is 2. The van der Waals surface area contributed by atoms with Crippen LogP contribution in [0.4, 0.5) is 18.9 Å². The van der Waals surface area contributed by atoms with Gasteiger partial charge in [-0.1, -0.05) is 6.92 Å². The zero-order valence-corrected chi connectivity index (χ0v) is 12.3. The molecule has 0 aliphatic heterocycles. The first-order valence-electron chi connectivity index (χ1n) is 5.70. The Balaban J connectivity index is 2.73. The Hall–Kier alpha value is -0.990. The van der Waals surface area contributed by atoms with Crippen LogP contribution in [-0.4, -0.2) is 36.3 Å². The van der Waals surface area contributed by atoms with Gasteiger partial charge in [-0.25, -0.2) is 0 Å². The van der Waals surface area contributed by atoms with E-state index in [1.807, 2.05) is 0 Å². The second-order valence-corrected chi connectivity index (χ2v) is 5.53. The summed E-state index contributed by atoms with van der Waals surface area (Å²) in [6, 6.07) is 4.02. The summed E-state index contributed by atoms with van der Waals surface area (Å²) in [5.41, 5.74) is -0.173. The smallest absolute Gasteiger partial charge is 0.405 e. The number of rotatable bonds is 6. The number of alkyl halides is 3. The molecule has 0 radical (unpaired) electrons. The normalized spacial score (nSPS) is 12.3. The van der Waals surface area contributed by atoms with E-state index in [4.69, 9.17) is 10.2 Å². The molecule has 0 amide bonds. The highest BCUT2D eigenvalue weighted by Crippen LogP contribution is 2.32. The molecule has 114 valence electrons. The maximum atomic E-state index is 12.1. The molecule has 0 saturated heterocycles. The molecule has 0 aromatic heterocycles. The number of benzene rings is 1. The van der Waals surface area contributed by atoms with Crippen molar-refractivity contribution in [1.82, 2.24) is 0 Å². The molecular formula is C12H15BrF3NO3. The third kappa shape index (κ3) is 5.18. The monoisotopic (exact) mass is 357 g/mol. The first-order valence-corrected chi connectivity index (χ1v) is 6.49. The zero-order valence-electron chi connectivity index (χ0n) is 10.7. The summed E-state index contributed by atoms with van der Waals surface area (Å²) in [4.78, 5) is 0. The molecule has 0 bridgehead atoms. The third-order valence-corrected chi connectivity index (χ3v) is 3.26. The zero-order chi connectivity index (χ0) is 15.4. The Kier molecular flexibility index (Phi) is 5.67. The van der Waals surface area contributed by atoms with Gasteiger partial charge in [-0.3, -0.25) is 0 Å². The second-order valence-electron chi connectivity index (χ2n) is 4.67. The summed E-state index contributed by atoms with van der Waals surface area (Å²) in [5, 5.41) is 21.2. The molecular weight excluding hydrogens is 343 g/mol. The Bertz CT molecular complexity index is 450. The van der Waals surface area contributed by atoms with E-state index in [-0.39, 0.29) is 30.0 Å². The number of hydrogen-bond donors (Lipinski definition) is 3. The van der Waals surface area contributed by atoms with Gasteiger partial charge in [-0.05, 0) is 34.1 Å². The van der Waals surface area contributed by atoms with Gasteiger partial charge < -0.3 is 20.3 Å². The van der Waals surface area contributed by atoms with Crippen molar-refractivity contribution < 1.29 is 28.1 Å². The molecule has 0 spiro atoms. The molecule has 8 heteroatoms. The minimum absolute atomic E-state index is 0.148. The minimum Gasteiger partial charge on any atom is -0.405 e. The molecule has 1 aromatic rings. The number of aliphatic hydroxyl groups is 2. The summed E-state index contributed by atoms with van der Waals surface area (Å²) in [6.07, 6.45) is -4.75. The van der Waals surface area contributed by atoms with Crippen molar-refractivity contribution in [2.75, 3.05) is 25.1 Å². The van der Waals surface area contributed by atoms with Gasteiger partial charge in [0.2, 0.25) is 0 Å². The first-order chi connectivity index (χ1) is 9.19. The quantitative estimate of drug-likeness (QED) is 0.732. The Morgan fingerprint density at radius 2 is 1.85 bits per heavy atom. The fourth-order valence-electron chi connectivity index (χ4n) is 1.30. The molecule has 0 atom stereocenters. The Morgan fingerprint density at radius 3 is 2.30 bits per heavy atom. The van der Waals surface area contributed by atoms with Crippen molar-refractivity contribution in [2.45, 2.75) is 13.3 Å². The van der Waals surface area contributed by atoms with E-state index in [0.29, 0.717) is 5.69 Å². The average molecular weight is 358 g/mol. The molecule has 4 nitrogen and oxygen atoms in total. The van der Waals surface area contributed by atoms with E-state index in [0.717, 1.165) is 0 Å². The Labute approximate surface area is 122 Å². The summed E-state index contributed by atoms with van der Waals surface area (Å²) >= 11 is 2.99.